The number of pyridine rings is 1. The van der Waals surface area contributed by atoms with E-state index in [0.717, 1.165) is 29.9 Å². The molecule has 7 heteroatoms. The first kappa shape index (κ1) is 14.6. The number of imidazole rings is 1. The summed E-state index contributed by atoms with van der Waals surface area (Å²) in [4.78, 5) is 37.0. The first-order valence-corrected chi connectivity index (χ1v) is 7.94. The lowest BCUT2D eigenvalue weighted by molar-refractivity contribution is 0.0727. The Kier molecular flexibility index (Phi) is 3.41. The average molecular weight is 323 g/mol. The summed E-state index contributed by atoms with van der Waals surface area (Å²) in [5, 5.41) is 0. The lowest BCUT2D eigenvalue weighted by atomic mass is 10.1. The highest BCUT2D eigenvalue weighted by molar-refractivity contribution is 5.93. The van der Waals surface area contributed by atoms with E-state index >= 15 is 0 Å². The van der Waals surface area contributed by atoms with E-state index in [1.54, 1.807) is 17.2 Å². The zero-order chi connectivity index (χ0) is 16.7. The molecule has 0 aliphatic carbocycles. The summed E-state index contributed by atoms with van der Waals surface area (Å²) in [6.07, 6.45) is 4.96. The number of fused-ring (bicyclic) bond motifs is 1. The van der Waals surface area contributed by atoms with Gasteiger partial charge in [0, 0.05) is 30.3 Å². The number of rotatable bonds is 2. The van der Waals surface area contributed by atoms with Crippen LogP contribution >= 0.6 is 0 Å². The van der Waals surface area contributed by atoms with Gasteiger partial charge in [-0.05, 0) is 38.0 Å². The molecule has 1 unspecified atom stereocenters. The molecule has 0 bridgehead atoms. The van der Waals surface area contributed by atoms with Gasteiger partial charge in [0.25, 0.3) is 5.91 Å². The molecule has 4 rings (SSSR count). The minimum Gasteiger partial charge on any atom is -0.329 e. The van der Waals surface area contributed by atoms with Gasteiger partial charge in [-0.15, -0.1) is 0 Å². The predicted molar refractivity (Wildman–Crippen MR) is 87.8 cm³/mol. The maximum absolute atomic E-state index is 12.9. The number of aromatic nitrogens is 4. The van der Waals surface area contributed by atoms with Gasteiger partial charge in [0.05, 0.1) is 6.04 Å². The molecule has 122 valence electrons. The fourth-order valence-corrected chi connectivity index (χ4v) is 3.31. The number of H-pyrrole nitrogens is 1. The van der Waals surface area contributed by atoms with Crippen LogP contribution in [0, 0.1) is 6.92 Å². The van der Waals surface area contributed by atoms with Gasteiger partial charge in [-0.25, -0.2) is 14.8 Å². The van der Waals surface area contributed by atoms with Crippen LogP contribution in [0.4, 0.5) is 0 Å². The largest absolute Gasteiger partial charge is 0.345 e. The Morgan fingerprint density at radius 3 is 3.00 bits per heavy atom. The molecule has 1 saturated heterocycles. The molecule has 0 saturated carbocycles. The van der Waals surface area contributed by atoms with E-state index in [1.165, 1.54) is 6.20 Å². The van der Waals surface area contributed by atoms with E-state index in [0.29, 0.717) is 12.2 Å². The van der Waals surface area contributed by atoms with Crippen LogP contribution in [0.25, 0.3) is 5.65 Å². The molecule has 1 amide bonds. The zero-order valence-electron chi connectivity index (χ0n) is 13.3. The predicted octanol–water partition coefficient (Wildman–Crippen LogP) is 1.70. The Labute approximate surface area is 138 Å². The van der Waals surface area contributed by atoms with Gasteiger partial charge in [-0.3, -0.25) is 4.79 Å². The molecule has 1 aliphatic heterocycles. The summed E-state index contributed by atoms with van der Waals surface area (Å²) in [5.41, 5.74) is 2.53. The number of nitrogens with one attached hydrogen (secondary N) is 1. The van der Waals surface area contributed by atoms with Crippen molar-refractivity contribution in [1.29, 1.82) is 0 Å². The summed E-state index contributed by atoms with van der Waals surface area (Å²) in [7, 11) is 0. The van der Waals surface area contributed by atoms with Crippen molar-refractivity contribution >= 4 is 11.6 Å². The van der Waals surface area contributed by atoms with Gasteiger partial charge >= 0.3 is 5.69 Å². The minimum absolute atomic E-state index is 0.113. The highest BCUT2D eigenvalue weighted by atomic mass is 16.2. The van der Waals surface area contributed by atoms with Crippen LogP contribution in [-0.4, -0.2) is 36.7 Å². The molecule has 24 heavy (non-hydrogen) atoms. The molecule has 1 N–H and O–H groups in total. The van der Waals surface area contributed by atoms with E-state index < -0.39 is 5.69 Å². The summed E-state index contributed by atoms with van der Waals surface area (Å²) >= 11 is 0. The van der Waals surface area contributed by atoms with Crippen molar-refractivity contribution in [3.05, 3.63) is 64.2 Å². The van der Waals surface area contributed by atoms with Crippen LogP contribution in [0.15, 0.2) is 41.5 Å². The maximum Gasteiger partial charge on any atom is 0.345 e. The Morgan fingerprint density at radius 2 is 2.21 bits per heavy atom. The number of nitrogens with zero attached hydrogens (tertiary/aromatic N) is 4. The van der Waals surface area contributed by atoms with E-state index in [1.807, 2.05) is 29.5 Å². The first-order chi connectivity index (χ1) is 11.6. The van der Waals surface area contributed by atoms with Gasteiger partial charge in [-0.2, -0.15) is 0 Å². The number of amides is 1. The Balaban J connectivity index is 1.69. The van der Waals surface area contributed by atoms with Gasteiger partial charge in [-0.1, -0.05) is 6.07 Å². The number of aryl methyl sites for hydroxylation is 1. The van der Waals surface area contributed by atoms with Gasteiger partial charge in [0.1, 0.15) is 11.3 Å². The van der Waals surface area contributed by atoms with E-state index in [9.17, 15) is 9.59 Å². The van der Waals surface area contributed by atoms with Crippen LogP contribution in [0.1, 0.15) is 40.8 Å². The van der Waals surface area contributed by atoms with Crippen molar-refractivity contribution in [2.75, 3.05) is 6.54 Å². The molecule has 0 radical (unpaired) electrons. The second kappa shape index (κ2) is 5.59. The molecular weight excluding hydrogens is 306 g/mol. The lowest BCUT2D eigenvalue weighted by Gasteiger charge is -2.23. The monoisotopic (exact) mass is 323 g/mol. The summed E-state index contributed by atoms with van der Waals surface area (Å²) in [6, 6.07) is 7.39. The second-order valence-corrected chi connectivity index (χ2v) is 6.01. The van der Waals surface area contributed by atoms with Crippen LogP contribution in [0.5, 0.6) is 0 Å². The number of carbonyl (C=O) groups is 1. The topological polar surface area (TPSA) is 83.4 Å². The summed E-state index contributed by atoms with van der Waals surface area (Å²) < 4.78 is 1.91. The Morgan fingerprint density at radius 1 is 1.33 bits per heavy atom. The van der Waals surface area contributed by atoms with Gasteiger partial charge in [0.15, 0.2) is 0 Å². The molecule has 0 aromatic carbocycles. The van der Waals surface area contributed by atoms with Crippen molar-refractivity contribution in [2.45, 2.75) is 25.8 Å². The third kappa shape index (κ3) is 2.38. The van der Waals surface area contributed by atoms with Crippen molar-refractivity contribution in [3.63, 3.8) is 0 Å². The van der Waals surface area contributed by atoms with Gasteiger partial charge in [0.2, 0.25) is 0 Å². The number of hydrogen-bond acceptors (Lipinski definition) is 4. The number of aromatic amines is 1. The van der Waals surface area contributed by atoms with Crippen molar-refractivity contribution in [3.8, 4) is 0 Å². The fraction of sp³-hybridized carbons (Fsp3) is 0.294. The quantitative estimate of drug-likeness (QED) is 0.778. The van der Waals surface area contributed by atoms with Crippen LogP contribution in [-0.2, 0) is 0 Å². The van der Waals surface area contributed by atoms with Crippen LogP contribution in [0.2, 0.25) is 0 Å². The third-order valence-corrected chi connectivity index (χ3v) is 4.48. The fourth-order valence-electron chi connectivity index (χ4n) is 3.31. The molecule has 3 aromatic heterocycles. The second-order valence-electron chi connectivity index (χ2n) is 6.01. The minimum atomic E-state index is -0.393. The van der Waals surface area contributed by atoms with Crippen molar-refractivity contribution < 1.29 is 4.79 Å². The molecule has 1 atom stereocenters. The SMILES string of the molecule is Cc1cccc2nc(C(=O)N3CCCC3c3ccnc(=O)[nH]3)cn12. The normalized spacial score (nSPS) is 17.5. The number of hydrogen-bond donors (Lipinski definition) is 1. The molecular formula is C17H17N5O2. The third-order valence-electron chi connectivity index (χ3n) is 4.48. The van der Waals surface area contributed by atoms with E-state index in [2.05, 4.69) is 15.0 Å². The van der Waals surface area contributed by atoms with Crippen molar-refractivity contribution in [2.24, 2.45) is 0 Å². The van der Waals surface area contributed by atoms with E-state index in [-0.39, 0.29) is 11.9 Å². The molecule has 7 nitrogen and oxygen atoms in total. The Bertz CT molecular complexity index is 974. The maximum atomic E-state index is 12.9. The molecule has 3 aromatic rings. The number of likely N-dealkylation sites (tertiary alicyclic amines) is 1. The average Bonchev–Trinajstić information content (AvgIpc) is 3.22. The molecule has 1 aliphatic rings. The summed E-state index contributed by atoms with van der Waals surface area (Å²) in [5.74, 6) is -0.113. The Hall–Kier alpha value is -2.96. The smallest absolute Gasteiger partial charge is 0.329 e. The lowest BCUT2D eigenvalue weighted by Crippen LogP contribution is -2.32. The highest BCUT2D eigenvalue weighted by Gasteiger charge is 2.32. The van der Waals surface area contributed by atoms with Crippen LogP contribution in [0.3, 0.4) is 0 Å². The van der Waals surface area contributed by atoms with Crippen LogP contribution < -0.4 is 5.69 Å². The molecule has 1 fully saturated rings. The van der Waals surface area contributed by atoms with E-state index in [4.69, 9.17) is 0 Å². The standard InChI is InChI=1S/C17H17N5O2/c1-11-4-2-6-15-19-13(10-22(11)15)16(23)21-9-3-5-14(21)12-7-8-18-17(24)20-12/h2,4,6-8,10,14H,3,5,9H2,1H3,(H,18,20,24). The van der Waals surface area contributed by atoms with Crippen molar-refractivity contribution in [1.82, 2.24) is 24.3 Å². The summed E-state index contributed by atoms with van der Waals surface area (Å²) in [6.45, 7) is 2.63. The first-order valence-electron chi connectivity index (χ1n) is 7.94. The highest BCUT2D eigenvalue weighted by Crippen LogP contribution is 2.31. The molecule has 0 spiro atoms. The zero-order valence-corrected chi connectivity index (χ0v) is 13.3. The number of carbonyl (C=O) groups excluding carboxylic acids is 1. The molecule has 4 heterocycles. The van der Waals surface area contributed by atoms with Gasteiger partial charge < -0.3 is 14.3 Å².